The maximum Gasteiger partial charge on any atom is 0.128 e. The summed E-state index contributed by atoms with van der Waals surface area (Å²) < 4.78 is 19.2. The van der Waals surface area contributed by atoms with Gasteiger partial charge in [0.15, 0.2) is 0 Å². The molecule has 0 saturated heterocycles. The second-order valence-corrected chi connectivity index (χ2v) is 5.11. The maximum atomic E-state index is 13.5. The lowest BCUT2D eigenvalue weighted by molar-refractivity contribution is 0.0665. The number of allylic oxidation sites excluding steroid dienone is 2. The highest BCUT2D eigenvalue weighted by Gasteiger charge is 2.18. The highest BCUT2D eigenvalue weighted by Crippen LogP contribution is 2.25. The van der Waals surface area contributed by atoms with E-state index in [-0.39, 0.29) is 12.4 Å². The molecule has 0 heterocycles. The quantitative estimate of drug-likeness (QED) is 0.770. The average molecular weight is 259 g/mol. The molecule has 1 aliphatic rings. The molecular formula is C16H18FNO. The van der Waals surface area contributed by atoms with E-state index in [1.807, 2.05) is 6.07 Å². The van der Waals surface area contributed by atoms with E-state index in [4.69, 9.17) is 10.00 Å². The Hall–Kier alpha value is -1.66. The zero-order valence-electron chi connectivity index (χ0n) is 11.1. The number of ether oxygens (including phenoxy) is 1. The second kappa shape index (κ2) is 6.49. The van der Waals surface area contributed by atoms with Crippen LogP contribution in [0.25, 0.3) is 0 Å². The van der Waals surface area contributed by atoms with Crippen molar-refractivity contribution < 1.29 is 9.13 Å². The summed E-state index contributed by atoms with van der Waals surface area (Å²) in [6.45, 7) is 3.09. The number of hydrogen-bond donors (Lipinski definition) is 0. The van der Waals surface area contributed by atoms with Gasteiger partial charge < -0.3 is 4.74 Å². The predicted molar refractivity (Wildman–Crippen MR) is 71.8 cm³/mol. The molecule has 2 atom stereocenters. The van der Waals surface area contributed by atoms with E-state index in [1.165, 1.54) is 12.1 Å². The van der Waals surface area contributed by atoms with Crippen LogP contribution in [-0.4, -0.2) is 6.61 Å². The Bertz CT molecular complexity index is 504. The van der Waals surface area contributed by atoms with Crippen LogP contribution in [0.15, 0.2) is 30.4 Å². The Morgan fingerprint density at radius 1 is 1.37 bits per heavy atom. The van der Waals surface area contributed by atoms with Crippen molar-refractivity contribution in [1.82, 2.24) is 0 Å². The highest BCUT2D eigenvalue weighted by atomic mass is 19.1. The number of halogens is 1. The largest absolute Gasteiger partial charge is 0.376 e. The monoisotopic (exact) mass is 259 g/mol. The smallest absolute Gasteiger partial charge is 0.128 e. The summed E-state index contributed by atoms with van der Waals surface area (Å²) in [4.78, 5) is 0. The van der Waals surface area contributed by atoms with Crippen molar-refractivity contribution in [3.05, 3.63) is 47.3 Å². The van der Waals surface area contributed by atoms with E-state index < -0.39 is 0 Å². The Balaban J connectivity index is 1.89. The van der Waals surface area contributed by atoms with Crippen molar-refractivity contribution in [2.45, 2.75) is 26.4 Å². The zero-order chi connectivity index (χ0) is 13.7. The van der Waals surface area contributed by atoms with Gasteiger partial charge in [-0.2, -0.15) is 5.26 Å². The van der Waals surface area contributed by atoms with Crippen LogP contribution in [0.2, 0.25) is 0 Å². The summed E-state index contributed by atoms with van der Waals surface area (Å²) in [5.41, 5.74) is 0.923. The predicted octanol–water partition coefficient (Wildman–Crippen LogP) is 3.82. The lowest BCUT2D eigenvalue weighted by atomic mass is 9.85. The minimum atomic E-state index is -0.310. The van der Waals surface area contributed by atoms with Gasteiger partial charge in [-0.3, -0.25) is 0 Å². The van der Waals surface area contributed by atoms with Gasteiger partial charge in [-0.15, -0.1) is 0 Å². The van der Waals surface area contributed by atoms with Crippen molar-refractivity contribution in [1.29, 1.82) is 5.26 Å². The lowest BCUT2D eigenvalue weighted by Gasteiger charge is -2.24. The van der Waals surface area contributed by atoms with Crippen molar-refractivity contribution in [3.63, 3.8) is 0 Å². The van der Waals surface area contributed by atoms with E-state index in [1.54, 1.807) is 6.07 Å². The fraction of sp³-hybridized carbons (Fsp3) is 0.438. The summed E-state index contributed by atoms with van der Waals surface area (Å²) in [5, 5.41) is 8.80. The SMILES string of the molecule is CC1CC=CCC1COCc1cc(C#N)ccc1F. The first kappa shape index (κ1) is 13.8. The standard InChI is InChI=1S/C16H18FNO/c1-12-4-2-3-5-14(12)10-19-11-15-8-13(9-18)6-7-16(15)17/h2-3,6-8,12,14H,4-5,10-11H2,1H3. The molecule has 0 aliphatic heterocycles. The van der Waals surface area contributed by atoms with E-state index in [9.17, 15) is 4.39 Å². The average Bonchev–Trinajstić information content (AvgIpc) is 2.43. The molecule has 3 heteroatoms. The van der Waals surface area contributed by atoms with Crippen LogP contribution in [0.4, 0.5) is 4.39 Å². The zero-order valence-corrected chi connectivity index (χ0v) is 11.1. The topological polar surface area (TPSA) is 33.0 Å². The van der Waals surface area contributed by atoms with Crippen LogP contribution in [0, 0.1) is 29.0 Å². The Kier molecular flexibility index (Phi) is 4.70. The molecule has 1 aliphatic carbocycles. The minimum Gasteiger partial charge on any atom is -0.376 e. The summed E-state index contributed by atoms with van der Waals surface area (Å²) in [7, 11) is 0. The Labute approximate surface area is 113 Å². The molecule has 1 aromatic rings. The van der Waals surface area contributed by atoms with Crippen LogP contribution in [-0.2, 0) is 11.3 Å². The van der Waals surface area contributed by atoms with Crippen LogP contribution in [0.5, 0.6) is 0 Å². The van der Waals surface area contributed by atoms with Gasteiger partial charge in [-0.25, -0.2) is 4.39 Å². The summed E-state index contributed by atoms with van der Waals surface area (Å²) >= 11 is 0. The van der Waals surface area contributed by atoms with Crippen LogP contribution >= 0.6 is 0 Å². The van der Waals surface area contributed by atoms with Crippen LogP contribution < -0.4 is 0 Å². The number of hydrogen-bond acceptors (Lipinski definition) is 2. The first-order chi connectivity index (χ1) is 9.20. The summed E-state index contributed by atoms with van der Waals surface area (Å²) in [5.74, 6) is 0.808. The molecule has 0 saturated carbocycles. The number of benzene rings is 1. The van der Waals surface area contributed by atoms with Gasteiger partial charge in [-0.05, 0) is 42.9 Å². The maximum absolute atomic E-state index is 13.5. The number of nitrogens with zero attached hydrogens (tertiary/aromatic N) is 1. The normalized spacial score (nSPS) is 22.2. The molecule has 2 nitrogen and oxygen atoms in total. The van der Waals surface area contributed by atoms with E-state index >= 15 is 0 Å². The lowest BCUT2D eigenvalue weighted by Crippen LogP contribution is -2.19. The van der Waals surface area contributed by atoms with Gasteiger partial charge in [0, 0.05) is 5.56 Å². The van der Waals surface area contributed by atoms with Gasteiger partial charge in [0.2, 0.25) is 0 Å². The molecule has 0 radical (unpaired) electrons. The molecule has 0 bridgehead atoms. The van der Waals surface area contributed by atoms with Gasteiger partial charge in [-0.1, -0.05) is 19.1 Å². The molecule has 0 amide bonds. The van der Waals surface area contributed by atoms with Gasteiger partial charge in [0.25, 0.3) is 0 Å². The van der Waals surface area contributed by atoms with Crippen molar-refractivity contribution in [2.24, 2.45) is 11.8 Å². The molecular weight excluding hydrogens is 241 g/mol. The molecule has 100 valence electrons. The summed E-state index contributed by atoms with van der Waals surface area (Å²) in [6, 6.07) is 6.37. The Morgan fingerprint density at radius 2 is 2.16 bits per heavy atom. The van der Waals surface area contributed by atoms with Crippen molar-refractivity contribution in [2.75, 3.05) is 6.61 Å². The third-order valence-corrected chi connectivity index (χ3v) is 3.68. The number of rotatable bonds is 4. The third-order valence-electron chi connectivity index (χ3n) is 3.68. The summed E-state index contributed by atoms with van der Waals surface area (Å²) in [6.07, 6.45) is 6.51. The van der Waals surface area contributed by atoms with Crippen molar-refractivity contribution in [3.8, 4) is 6.07 Å². The first-order valence-corrected chi connectivity index (χ1v) is 6.62. The fourth-order valence-electron chi connectivity index (χ4n) is 2.31. The molecule has 0 fully saturated rings. The number of nitriles is 1. The molecule has 2 rings (SSSR count). The van der Waals surface area contributed by atoms with Gasteiger partial charge >= 0.3 is 0 Å². The highest BCUT2D eigenvalue weighted by molar-refractivity contribution is 5.33. The molecule has 0 N–H and O–H groups in total. The van der Waals surface area contributed by atoms with Gasteiger partial charge in [0.1, 0.15) is 5.82 Å². The van der Waals surface area contributed by atoms with Crippen molar-refractivity contribution >= 4 is 0 Å². The molecule has 19 heavy (non-hydrogen) atoms. The molecule has 1 aromatic carbocycles. The van der Waals surface area contributed by atoms with Gasteiger partial charge in [0.05, 0.1) is 24.8 Å². The van der Waals surface area contributed by atoms with E-state index in [2.05, 4.69) is 19.1 Å². The van der Waals surface area contributed by atoms with E-state index in [0.29, 0.717) is 29.6 Å². The fourth-order valence-corrected chi connectivity index (χ4v) is 2.31. The second-order valence-electron chi connectivity index (χ2n) is 5.11. The van der Waals surface area contributed by atoms with E-state index in [0.717, 1.165) is 12.8 Å². The van der Waals surface area contributed by atoms with Crippen LogP contribution in [0.3, 0.4) is 0 Å². The molecule has 2 unspecified atom stereocenters. The third kappa shape index (κ3) is 3.65. The Morgan fingerprint density at radius 3 is 2.89 bits per heavy atom. The van der Waals surface area contributed by atoms with Crippen LogP contribution in [0.1, 0.15) is 30.9 Å². The molecule has 0 spiro atoms. The first-order valence-electron chi connectivity index (χ1n) is 6.62. The minimum absolute atomic E-state index is 0.230. The molecule has 0 aromatic heterocycles.